The Bertz CT molecular complexity index is 1620. The Kier molecular flexibility index (Phi) is 6.11. The summed E-state index contributed by atoms with van der Waals surface area (Å²) in [6.07, 6.45) is 0. The topological polar surface area (TPSA) is 3.24 Å². The van der Waals surface area contributed by atoms with Crippen LogP contribution in [0.4, 0.5) is 17.1 Å². The molecule has 0 aliphatic rings. The van der Waals surface area contributed by atoms with Crippen LogP contribution in [0.3, 0.4) is 0 Å². The largest absolute Gasteiger partial charge is 0.310 e. The molecule has 2 heteroatoms. The van der Waals surface area contributed by atoms with Crippen molar-refractivity contribution in [2.45, 2.75) is 0 Å². The van der Waals surface area contributed by atoms with E-state index in [1.165, 1.54) is 33.0 Å². The molecule has 0 aromatic heterocycles. The van der Waals surface area contributed by atoms with E-state index in [0.717, 1.165) is 21.5 Å². The lowest BCUT2D eigenvalue weighted by atomic mass is 10.0. The van der Waals surface area contributed by atoms with Crippen molar-refractivity contribution in [2.75, 3.05) is 4.90 Å². The first-order valence-corrected chi connectivity index (χ1v) is 12.8. The number of nitrogens with zero attached hydrogens (tertiary/aromatic N) is 1. The molecule has 172 valence electrons. The molecule has 0 N–H and O–H groups in total. The molecule has 0 aliphatic carbocycles. The predicted molar refractivity (Wildman–Crippen MR) is 157 cm³/mol. The van der Waals surface area contributed by atoms with E-state index >= 15 is 0 Å². The highest BCUT2D eigenvalue weighted by atomic mass is 79.9. The molecule has 0 spiro atoms. The van der Waals surface area contributed by atoms with E-state index in [9.17, 15) is 0 Å². The van der Waals surface area contributed by atoms with Gasteiger partial charge in [-0.2, -0.15) is 0 Å². The molecule has 1 nitrogen and oxygen atoms in total. The van der Waals surface area contributed by atoms with Crippen LogP contribution in [-0.4, -0.2) is 0 Å². The van der Waals surface area contributed by atoms with Crippen LogP contribution in [0.2, 0.25) is 0 Å². The van der Waals surface area contributed by atoms with E-state index in [0.29, 0.717) is 0 Å². The smallest absolute Gasteiger partial charge is 0.0540 e. The monoisotopic (exact) mass is 525 g/mol. The molecule has 0 unspecified atom stereocenters. The van der Waals surface area contributed by atoms with Gasteiger partial charge in [0.2, 0.25) is 0 Å². The maximum atomic E-state index is 3.55. The summed E-state index contributed by atoms with van der Waals surface area (Å²) in [7, 11) is 0. The van der Waals surface area contributed by atoms with E-state index in [1.807, 2.05) is 0 Å². The van der Waals surface area contributed by atoms with Gasteiger partial charge in [0.15, 0.2) is 0 Å². The summed E-state index contributed by atoms with van der Waals surface area (Å²) >= 11 is 3.55. The number of benzene rings is 6. The third kappa shape index (κ3) is 4.44. The second kappa shape index (κ2) is 9.85. The van der Waals surface area contributed by atoms with Crippen molar-refractivity contribution < 1.29 is 0 Å². The molecule has 0 radical (unpaired) electrons. The summed E-state index contributed by atoms with van der Waals surface area (Å²) in [5, 5.41) is 2.45. The van der Waals surface area contributed by atoms with Crippen LogP contribution >= 0.6 is 15.9 Å². The van der Waals surface area contributed by atoms with Crippen molar-refractivity contribution in [3.63, 3.8) is 0 Å². The molecule has 0 heterocycles. The first kappa shape index (κ1) is 22.3. The molecule has 6 rings (SSSR count). The van der Waals surface area contributed by atoms with E-state index < -0.39 is 0 Å². The van der Waals surface area contributed by atoms with Crippen LogP contribution in [0.15, 0.2) is 150 Å². The highest BCUT2D eigenvalue weighted by molar-refractivity contribution is 9.10. The first-order valence-electron chi connectivity index (χ1n) is 12.1. The van der Waals surface area contributed by atoms with Gasteiger partial charge in [0.1, 0.15) is 0 Å². The average Bonchev–Trinajstić information content (AvgIpc) is 2.95. The Hall–Kier alpha value is -4.14. The quantitative estimate of drug-likeness (QED) is 0.216. The standard InChI is InChI=1S/C34H24BrN/c35-30-20-16-27(17-21-30)29-12-6-13-32(24-29)36(34-15-7-11-28-10-4-5-14-33(28)34)31-22-18-26(19-23-31)25-8-2-1-3-9-25/h1-24H. The average molecular weight is 526 g/mol. The zero-order chi connectivity index (χ0) is 24.3. The minimum absolute atomic E-state index is 1.08. The Morgan fingerprint density at radius 1 is 0.417 bits per heavy atom. The second-order valence-corrected chi connectivity index (χ2v) is 9.72. The number of anilines is 3. The second-order valence-electron chi connectivity index (χ2n) is 8.80. The Morgan fingerprint density at radius 3 is 1.81 bits per heavy atom. The zero-order valence-electron chi connectivity index (χ0n) is 19.7. The minimum atomic E-state index is 1.08. The van der Waals surface area contributed by atoms with Gasteiger partial charge in [-0.15, -0.1) is 0 Å². The van der Waals surface area contributed by atoms with Crippen LogP contribution in [0.5, 0.6) is 0 Å². The van der Waals surface area contributed by atoms with E-state index in [2.05, 4.69) is 166 Å². The molecule has 0 amide bonds. The van der Waals surface area contributed by atoms with Crippen molar-refractivity contribution in [3.8, 4) is 22.3 Å². The fourth-order valence-electron chi connectivity index (χ4n) is 4.73. The van der Waals surface area contributed by atoms with Crippen LogP contribution in [0.1, 0.15) is 0 Å². The van der Waals surface area contributed by atoms with Gasteiger partial charge in [-0.3, -0.25) is 0 Å². The number of hydrogen-bond acceptors (Lipinski definition) is 1. The number of hydrogen-bond donors (Lipinski definition) is 0. The number of rotatable bonds is 5. The van der Waals surface area contributed by atoms with Gasteiger partial charge in [-0.25, -0.2) is 0 Å². The van der Waals surface area contributed by atoms with Gasteiger partial charge in [-0.1, -0.05) is 119 Å². The number of halogens is 1. The van der Waals surface area contributed by atoms with E-state index in [1.54, 1.807) is 0 Å². The van der Waals surface area contributed by atoms with Crippen LogP contribution in [-0.2, 0) is 0 Å². The summed E-state index contributed by atoms with van der Waals surface area (Å²) in [4.78, 5) is 2.36. The fourth-order valence-corrected chi connectivity index (χ4v) is 5.00. The zero-order valence-corrected chi connectivity index (χ0v) is 21.3. The van der Waals surface area contributed by atoms with Crippen molar-refractivity contribution in [2.24, 2.45) is 0 Å². The third-order valence-electron chi connectivity index (χ3n) is 6.52. The molecule has 0 saturated heterocycles. The molecule has 0 saturated carbocycles. The SMILES string of the molecule is Brc1ccc(-c2cccc(N(c3ccc(-c4ccccc4)cc3)c3cccc4ccccc34)c2)cc1. The molecular formula is C34H24BrN. The maximum Gasteiger partial charge on any atom is 0.0540 e. The molecule has 0 aliphatic heterocycles. The molecule has 6 aromatic carbocycles. The van der Waals surface area contributed by atoms with E-state index in [-0.39, 0.29) is 0 Å². The molecule has 6 aromatic rings. The third-order valence-corrected chi connectivity index (χ3v) is 7.05. The summed E-state index contributed by atoms with van der Waals surface area (Å²) in [5.41, 5.74) is 8.22. The normalized spacial score (nSPS) is 10.9. The van der Waals surface area contributed by atoms with Gasteiger partial charge in [0, 0.05) is 21.2 Å². The lowest BCUT2D eigenvalue weighted by Crippen LogP contribution is -2.10. The van der Waals surface area contributed by atoms with Crippen molar-refractivity contribution in [1.29, 1.82) is 0 Å². The van der Waals surface area contributed by atoms with Crippen molar-refractivity contribution in [3.05, 3.63) is 150 Å². The highest BCUT2D eigenvalue weighted by Crippen LogP contribution is 2.40. The fraction of sp³-hybridized carbons (Fsp3) is 0. The van der Waals surface area contributed by atoms with Gasteiger partial charge >= 0.3 is 0 Å². The lowest BCUT2D eigenvalue weighted by Gasteiger charge is -2.27. The number of fused-ring (bicyclic) bond motifs is 1. The summed E-state index contributed by atoms with van der Waals surface area (Å²) in [6, 6.07) is 51.8. The van der Waals surface area contributed by atoms with Crippen molar-refractivity contribution >= 4 is 43.8 Å². The molecular weight excluding hydrogens is 502 g/mol. The molecule has 0 atom stereocenters. The van der Waals surface area contributed by atoms with Gasteiger partial charge in [-0.05, 0) is 70.1 Å². The van der Waals surface area contributed by atoms with Gasteiger partial charge in [0.25, 0.3) is 0 Å². The van der Waals surface area contributed by atoms with E-state index in [4.69, 9.17) is 0 Å². The van der Waals surface area contributed by atoms with Gasteiger partial charge in [0.05, 0.1) is 5.69 Å². The Labute approximate surface area is 220 Å². The van der Waals surface area contributed by atoms with Crippen LogP contribution in [0.25, 0.3) is 33.0 Å². The minimum Gasteiger partial charge on any atom is -0.310 e. The summed E-state index contributed by atoms with van der Waals surface area (Å²) < 4.78 is 1.08. The molecule has 36 heavy (non-hydrogen) atoms. The predicted octanol–water partition coefficient (Wildman–Crippen LogP) is 10.4. The van der Waals surface area contributed by atoms with Crippen LogP contribution in [0, 0.1) is 0 Å². The lowest BCUT2D eigenvalue weighted by molar-refractivity contribution is 1.30. The maximum absolute atomic E-state index is 3.55. The van der Waals surface area contributed by atoms with Gasteiger partial charge < -0.3 is 4.90 Å². The highest BCUT2D eigenvalue weighted by Gasteiger charge is 2.16. The summed E-state index contributed by atoms with van der Waals surface area (Å²) in [5.74, 6) is 0. The Morgan fingerprint density at radius 2 is 1.00 bits per heavy atom. The van der Waals surface area contributed by atoms with Crippen LogP contribution < -0.4 is 4.90 Å². The Balaban J connectivity index is 1.51. The summed E-state index contributed by atoms with van der Waals surface area (Å²) in [6.45, 7) is 0. The molecule has 0 fully saturated rings. The van der Waals surface area contributed by atoms with Crippen molar-refractivity contribution in [1.82, 2.24) is 0 Å². The first-order chi connectivity index (χ1) is 17.8. The molecule has 0 bridgehead atoms.